The van der Waals surface area contributed by atoms with Gasteiger partial charge < -0.3 is 5.11 Å². The van der Waals surface area contributed by atoms with E-state index in [4.69, 9.17) is 10.4 Å². The van der Waals surface area contributed by atoms with Crippen molar-refractivity contribution < 1.29 is 9.90 Å². The smallest absolute Gasteiger partial charge is 0.346 e. The number of hydrogen-bond acceptors (Lipinski definition) is 3. The fourth-order valence-electron chi connectivity index (χ4n) is 0.946. The van der Waals surface area contributed by atoms with Crippen LogP contribution < -0.4 is 0 Å². The van der Waals surface area contributed by atoms with E-state index in [0.29, 0.717) is 0 Å². The van der Waals surface area contributed by atoms with Crippen LogP contribution in [-0.4, -0.2) is 11.1 Å². The summed E-state index contributed by atoms with van der Waals surface area (Å²) in [6.45, 7) is 2.03. The number of aryl methyl sites for hydroxylation is 1. The van der Waals surface area contributed by atoms with E-state index in [-0.39, 0.29) is 5.57 Å². The van der Waals surface area contributed by atoms with Crippen LogP contribution in [0.1, 0.15) is 16.7 Å². The molecule has 72 valence electrons. The van der Waals surface area contributed by atoms with Crippen LogP contribution in [0.2, 0.25) is 0 Å². The number of carboxylic acid groups (broad SMARTS) is 1. The predicted molar refractivity (Wildman–Crippen MR) is 54.9 cm³/mol. The Bertz CT molecular complexity index is 412. The summed E-state index contributed by atoms with van der Waals surface area (Å²) in [4.78, 5) is 12.5. The molecule has 0 bridgehead atoms. The molecule has 0 aliphatic rings. The van der Waals surface area contributed by atoms with Crippen LogP contribution in [0.25, 0.3) is 6.08 Å². The van der Waals surface area contributed by atoms with Crippen molar-refractivity contribution >= 4 is 23.4 Å². The lowest BCUT2D eigenvalue weighted by Crippen LogP contribution is -1.96. The lowest BCUT2D eigenvalue weighted by Gasteiger charge is -1.88. The SMILES string of the molecule is CCc1ccc(/C=C(\C#N)C(=O)O)s1. The van der Waals surface area contributed by atoms with Gasteiger partial charge in [-0.05, 0) is 24.6 Å². The Morgan fingerprint density at radius 3 is 2.86 bits per heavy atom. The van der Waals surface area contributed by atoms with Crippen molar-refractivity contribution in [1.29, 1.82) is 5.26 Å². The van der Waals surface area contributed by atoms with E-state index in [9.17, 15) is 4.79 Å². The van der Waals surface area contributed by atoms with Gasteiger partial charge in [0.25, 0.3) is 0 Å². The van der Waals surface area contributed by atoms with E-state index in [2.05, 4.69) is 0 Å². The van der Waals surface area contributed by atoms with Gasteiger partial charge in [0.15, 0.2) is 0 Å². The van der Waals surface area contributed by atoms with E-state index >= 15 is 0 Å². The molecule has 0 aliphatic carbocycles. The summed E-state index contributed by atoms with van der Waals surface area (Å²) in [5.41, 5.74) is -0.227. The molecule has 3 nitrogen and oxygen atoms in total. The molecule has 1 heterocycles. The highest BCUT2D eigenvalue weighted by Gasteiger charge is 2.06. The largest absolute Gasteiger partial charge is 0.477 e. The van der Waals surface area contributed by atoms with Crippen LogP contribution in [0.4, 0.5) is 0 Å². The molecule has 0 amide bonds. The molecule has 1 rings (SSSR count). The van der Waals surface area contributed by atoms with Crippen molar-refractivity contribution in [3.8, 4) is 6.07 Å². The number of rotatable bonds is 3. The number of nitrogens with zero attached hydrogens (tertiary/aromatic N) is 1. The van der Waals surface area contributed by atoms with Crippen molar-refractivity contribution in [3.05, 3.63) is 27.5 Å². The van der Waals surface area contributed by atoms with E-state index in [1.165, 1.54) is 22.3 Å². The van der Waals surface area contributed by atoms with Gasteiger partial charge in [0.1, 0.15) is 11.6 Å². The molecule has 4 heteroatoms. The second-order valence-corrected chi connectivity index (χ2v) is 3.83. The third-order valence-electron chi connectivity index (χ3n) is 1.67. The highest BCUT2D eigenvalue weighted by atomic mass is 32.1. The number of thiophene rings is 1. The molecule has 0 spiro atoms. The fourth-order valence-corrected chi connectivity index (χ4v) is 1.84. The average molecular weight is 207 g/mol. The minimum atomic E-state index is -1.18. The maximum absolute atomic E-state index is 10.5. The lowest BCUT2D eigenvalue weighted by molar-refractivity contribution is -0.132. The topological polar surface area (TPSA) is 61.1 Å². The number of carboxylic acids is 1. The number of hydrogen-bond donors (Lipinski definition) is 1. The Morgan fingerprint density at radius 1 is 1.71 bits per heavy atom. The van der Waals surface area contributed by atoms with E-state index < -0.39 is 5.97 Å². The van der Waals surface area contributed by atoms with Crippen molar-refractivity contribution in [3.63, 3.8) is 0 Å². The normalized spacial score (nSPS) is 11.0. The molecule has 0 radical (unpaired) electrons. The molecule has 0 aromatic carbocycles. The van der Waals surface area contributed by atoms with E-state index in [1.807, 2.05) is 19.1 Å². The first-order valence-electron chi connectivity index (χ1n) is 4.11. The molecule has 0 aliphatic heterocycles. The van der Waals surface area contributed by atoms with Crippen molar-refractivity contribution in [2.75, 3.05) is 0 Å². The van der Waals surface area contributed by atoms with Gasteiger partial charge in [0, 0.05) is 9.75 Å². The van der Waals surface area contributed by atoms with Gasteiger partial charge in [-0.3, -0.25) is 0 Å². The number of carbonyl (C=O) groups is 1. The van der Waals surface area contributed by atoms with Crippen LogP contribution >= 0.6 is 11.3 Å². The molecule has 1 aromatic heterocycles. The van der Waals surface area contributed by atoms with Gasteiger partial charge in [-0.15, -0.1) is 11.3 Å². The first-order chi connectivity index (χ1) is 6.67. The Labute approximate surface area is 85.9 Å². The Hall–Kier alpha value is -1.60. The molecule has 1 aromatic rings. The highest BCUT2D eigenvalue weighted by molar-refractivity contribution is 7.12. The lowest BCUT2D eigenvalue weighted by atomic mass is 10.2. The summed E-state index contributed by atoms with van der Waals surface area (Å²) in [6.07, 6.45) is 2.32. The van der Waals surface area contributed by atoms with Crippen LogP contribution in [0.3, 0.4) is 0 Å². The zero-order chi connectivity index (χ0) is 10.6. The maximum atomic E-state index is 10.5. The Morgan fingerprint density at radius 2 is 2.43 bits per heavy atom. The van der Waals surface area contributed by atoms with Gasteiger partial charge in [-0.25, -0.2) is 4.79 Å². The quantitative estimate of drug-likeness (QED) is 0.611. The molecular formula is C10H9NO2S. The second kappa shape index (κ2) is 4.58. The van der Waals surface area contributed by atoms with Gasteiger partial charge in [0.2, 0.25) is 0 Å². The molecule has 14 heavy (non-hydrogen) atoms. The van der Waals surface area contributed by atoms with Crippen LogP contribution in [0.15, 0.2) is 17.7 Å². The number of nitriles is 1. The molecule has 1 N–H and O–H groups in total. The minimum Gasteiger partial charge on any atom is -0.477 e. The molecule has 0 fully saturated rings. The first-order valence-corrected chi connectivity index (χ1v) is 4.92. The zero-order valence-electron chi connectivity index (χ0n) is 7.65. The average Bonchev–Trinajstić information content (AvgIpc) is 2.61. The van der Waals surface area contributed by atoms with Gasteiger partial charge in [-0.2, -0.15) is 5.26 Å². The third kappa shape index (κ3) is 2.44. The zero-order valence-corrected chi connectivity index (χ0v) is 8.47. The van der Waals surface area contributed by atoms with E-state index in [1.54, 1.807) is 6.07 Å². The molecule has 0 unspecified atom stereocenters. The van der Waals surface area contributed by atoms with Crippen LogP contribution in [0, 0.1) is 11.3 Å². The summed E-state index contributed by atoms with van der Waals surface area (Å²) in [5, 5.41) is 17.1. The van der Waals surface area contributed by atoms with Crippen LogP contribution in [-0.2, 0) is 11.2 Å². The molecule has 0 saturated carbocycles. The summed E-state index contributed by atoms with van der Waals surface area (Å²) < 4.78 is 0. The summed E-state index contributed by atoms with van der Waals surface area (Å²) >= 11 is 1.50. The van der Waals surface area contributed by atoms with E-state index in [0.717, 1.165) is 11.3 Å². The van der Waals surface area contributed by atoms with Crippen LogP contribution in [0.5, 0.6) is 0 Å². The molecular weight excluding hydrogens is 198 g/mol. The fraction of sp³-hybridized carbons (Fsp3) is 0.200. The highest BCUT2D eigenvalue weighted by Crippen LogP contribution is 2.19. The second-order valence-electron chi connectivity index (χ2n) is 2.63. The number of aliphatic carboxylic acids is 1. The van der Waals surface area contributed by atoms with Gasteiger partial charge >= 0.3 is 5.97 Å². The first kappa shape index (κ1) is 10.5. The van der Waals surface area contributed by atoms with Gasteiger partial charge in [0.05, 0.1) is 0 Å². The third-order valence-corrected chi connectivity index (χ3v) is 2.84. The van der Waals surface area contributed by atoms with Crippen molar-refractivity contribution in [2.45, 2.75) is 13.3 Å². The van der Waals surface area contributed by atoms with Crippen molar-refractivity contribution in [1.82, 2.24) is 0 Å². The minimum absolute atomic E-state index is 0.227. The summed E-state index contributed by atoms with van der Waals surface area (Å²) in [5.74, 6) is -1.18. The maximum Gasteiger partial charge on any atom is 0.346 e. The summed E-state index contributed by atoms with van der Waals surface area (Å²) in [6, 6.07) is 5.41. The van der Waals surface area contributed by atoms with Crippen molar-refractivity contribution in [2.24, 2.45) is 0 Å². The standard InChI is InChI=1S/C10H9NO2S/c1-2-8-3-4-9(14-8)5-7(6-11)10(12)13/h3-5H,2H2,1H3,(H,12,13)/b7-5+. The predicted octanol–water partition coefficient (Wildman–Crippen LogP) is 2.30. The molecule has 0 saturated heterocycles. The Kier molecular flexibility index (Phi) is 3.43. The summed E-state index contributed by atoms with van der Waals surface area (Å²) in [7, 11) is 0. The van der Waals surface area contributed by atoms with Gasteiger partial charge in [-0.1, -0.05) is 6.92 Å². The monoisotopic (exact) mass is 207 g/mol. The Balaban J connectivity index is 2.96. The molecule has 0 atom stereocenters.